The fourth-order valence-corrected chi connectivity index (χ4v) is 3.50. The van der Waals surface area contributed by atoms with Gasteiger partial charge in [-0.3, -0.25) is 4.79 Å². The van der Waals surface area contributed by atoms with Crippen LogP contribution in [0.1, 0.15) is 27.9 Å². The van der Waals surface area contributed by atoms with Crippen LogP contribution in [0.4, 0.5) is 0 Å². The van der Waals surface area contributed by atoms with E-state index >= 15 is 0 Å². The highest BCUT2D eigenvalue weighted by molar-refractivity contribution is 6.35. The zero-order valence-corrected chi connectivity index (χ0v) is 20.6. The number of carbonyl (C=O) groups is 1. The number of halogens is 2. The molecule has 0 aliphatic heterocycles. The molecule has 1 heterocycles. The SMILES string of the molecule is COCc1cc(C)nc(OCC(=O)NN=Cc2cccc(OCc3ccc(Cl)cc3Cl)c2)c1C#N. The molecule has 0 spiro atoms. The number of aryl methyl sites for hydroxylation is 1. The lowest BCUT2D eigenvalue weighted by molar-refractivity contribution is -0.123. The van der Waals surface area contributed by atoms with Crippen molar-refractivity contribution in [2.24, 2.45) is 5.10 Å². The molecule has 2 aromatic carbocycles. The van der Waals surface area contributed by atoms with Gasteiger partial charge in [0.15, 0.2) is 6.61 Å². The minimum atomic E-state index is -0.508. The summed E-state index contributed by atoms with van der Waals surface area (Å²) in [5.41, 5.74) is 5.40. The Morgan fingerprint density at radius 3 is 2.71 bits per heavy atom. The Balaban J connectivity index is 1.54. The van der Waals surface area contributed by atoms with Crippen LogP contribution in [0, 0.1) is 18.3 Å². The number of hydrogen-bond donors (Lipinski definition) is 1. The molecule has 180 valence electrons. The van der Waals surface area contributed by atoms with Crippen molar-refractivity contribution in [3.63, 3.8) is 0 Å². The van der Waals surface area contributed by atoms with E-state index in [0.717, 1.165) is 5.56 Å². The number of rotatable bonds is 10. The minimum Gasteiger partial charge on any atom is -0.489 e. The second kappa shape index (κ2) is 12.7. The zero-order chi connectivity index (χ0) is 25.2. The van der Waals surface area contributed by atoms with Gasteiger partial charge in [0.25, 0.3) is 5.91 Å². The van der Waals surface area contributed by atoms with Crippen molar-refractivity contribution in [2.75, 3.05) is 13.7 Å². The first-order valence-corrected chi connectivity index (χ1v) is 11.2. The molecule has 0 bridgehead atoms. The fourth-order valence-electron chi connectivity index (χ4n) is 3.03. The molecular formula is C25H22Cl2N4O4. The lowest BCUT2D eigenvalue weighted by Gasteiger charge is -2.10. The molecule has 0 unspecified atom stereocenters. The van der Waals surface area contributed by atoms with Crippen LogP contribution in [0.3, 0.4) is 0 Å². The largest absolute Gasteiger partial charge is 0.489 e. The molecule has 35 heavy (non-hydrogen) atoms. The second-order valence-electron chi connectivity index (χ2n) is 7.33. The molecule has 0 atom stereocenters. The van der Waals surface area contributed by atoms with Gasteiger partial charge in [0.05, 0.1) is 12.8 Å². The molecule has 0 saturated carbocycles. The lowest BCUT2D eigenvalue weighted by Crippen LogP contribution is -2.25. The highest BCUT2D eigenvalue weighted by Crippen LogP contribution is 2.23. The summed E-state index contributed by atoms with van der Waals surface area (Å²) in [6, 6.07) is 16.2. The average Bonchev–Trinajstić information content (AvgIpc) is 2.82. The Morgan fingerprint density at radius 2 is 1.97 bits per heavy atom. The van der Waals surface area contributed by atoms with Crippen molar-refractivity contribution >= 4 is 35.3 Å². The number of ether oxygens (including phenoxy) is 3. The van der Waals surface area contributed by atoms with E-state index in [1.54, 1.807) is 49.4 Å². The summed E-state index contributed by atoms with van der Waals surface area (Å²) >= 11 is 12.1. The van der Waals surface area contributed by atoms with Crippen LogP contribution < -0.4 is 14.9 Å². The summed E-state index contributed by atoms with van der Waals surface area (Å²) in [7, 11) is 1.53. The number of nitrogens with one attached hydrogen (secondary N) is 1. The smallest absolute Gasteiger partial charge is 0.278 e. The summed E-state index contributed by atoms with van der Waals surface area (Å²) in [6.07, 6.45) is 1.47. The third-order valence-corrected chi connectivity index (χ3v) is 5.20. The van der Waals surface area contributed by atoms with Crippen LogP contribution >= 0.6 is 23.2 Å². The summed E-state index contributed by atoms with van der Waals surface area (Å²) in [4.78, 5) is 16.4. The van der Waals surface area contributed by atoms with Gasteiger partial charge in [0.1, 0.15) is 24.0 Å². The maximum absolute atomic E-state index is 12.2. The van der Waals surface area contributed by atoms with Crippen LogP contribution in [-0.4, -0.2) is 30.8 Å². The molecule has 10 heteroatoms. The normalized spacial score (nSPS) is 10.7. The molecule has 8 nitrogen and oxygen atoms in total. The third-order valence-electron chi connectivity index (χ3n) is 4.62. The number of methoxy groups -OCH3 is 1. The topological polar surface area (TPSA) is 106 Å². The minimum absolute atomic E-state index is 0.0734. The van der Waals surface area contributed by atoms with Crippen molar-refractivity contribution in [1.29, 1.82) is 5.26 Å². The summed E-state index contributed by atoms with van der Waals surface area (Å²) in [6.45, 7) is 1.91. The van der Waals surface area contributed by atoms with E-state index in [9.17, 15) is 10.1 Å². The Kier molecular flexibility index (Phi) is 9.44. The number of hydrazone groups is 1. The van der Waals surface area contributed by atoms with Crippen molar-refractivity contribution in [3.8, 4) is 17.7 Å². The van der Waals surface area contributed by atoms with Crippen LogP contribution in [0.5, 0.6) is 11.6 Å². The number of carbonyl (C=O) groups excluding carboxylic acids is 1. The molecule has 0 aliphatic rings. The number of hydrogen-bond acceptors (Lipinski definition) is 7. The first-order chi connectivity index (χ1) is 16.9. The number of nitrogens with zero attached hydrogens (tertiary/aromatic N) is 3. The highest BCUT2D eigenvalue weighted by atomic mass is 35.5. The van der Waals surface area contributed by atoms with Crippen LogP contribution in [0.15, 0.2) is 53.6 Å². The highest BCUT2D eigenvalue weighted by Gasteiger charge is 2.14. The Labute approximate surface area is 213 Å². The van der Waals surface area contributed by atoms with Gasteiger partial charge in [-0.05, 0) is 42.8 Å². The lowest BCUT2D eigenvalue weighted by atomic mass is 10.1. The predicted molar refractivity (Wildman–Crippen MR) is 133 cm³/mol. The third kappa shape index (κ3) is 7.69. The number of nitriles is 1. The first kappa shape index (κ1) is 26.0. The molecule has 1 aromatic heterocycles. The quantitative estimate of drug-likeness (QED) is 0.308. The second-order valence-corrected chi connectivity index (χ2v) is 8.17. The van der Waals surface area contributed by atoms with Crippen LogP contribution in [0.25, 0.3) is 0 Å². The van der Waals surface area contributed by atoms with Gasteiger partial charge in [-0.1, -0.05) is 41.4 Å². The summed E-state index contributed by atoms with van der Waals surface area (Å²) in [5.74, 6) is 0.173. The van der Waals surface area contributed by atoms with Gasteiger partial charge in [0.2, 0.25) is 5.88 Å². The Morgan fingerprint density at radius 1 is 1.14 bits per heavy atom. The van der Waals surface area contributed by atoms with Gasteiger partial charge >= 0.3 is 0 Å². The predicted octanol–water partition coefficient (Wildman–Crippen LogP) is 4.82. The maximum Gasteiger partial charge on any atom is 0.278 e. The number of benzene rings is 2. The molecular weight excluding hydrogens is 491 g/mol. The molecule has 3 aromatic rings. The van der Waals surface area contributed by atoms with Gasteiger partial charge in [-0.2, -0.15) is 10.4 Å². The summed E-state index contributed by atoms with van der Waals surface area (Å²) in [5, 5.41) is 14.5. The summed E-state index contributed by atoms with van der Waals surface area (Å²) < 4.78 is 16.3. The zero-order valence-electron chi connectivity index (χ0n) is 19.0. The molecule has 1 amide bonds. The molecule has 1 N–H and O–H groups in total. The van der Waals surface area contributed by atoms with E-state index in [-0.39, 0.29) is 31.3 Å². The van der Waals surface area contributed by atoms with E-state index < -0.39 is 5.91 Å². The maximum atomic E-state index is 12.2. The Hall–Kier alpha value is -3.64. The molecule has 0 fully saturated rings. The number of pyridine rings is 1. The van der Waals surface area contributed by atoms with Gasteiger partial charge in [0, 0.05) is 34.0 Å². The standard InChI is InChI=1S/C25H22Cl2N4O4/c1-16-8-19(13-33-2)22(11-28)25(30-16)35-15-24(32)31-29-12-17-4-3-5-21(9-17)34-14-18-6-7-20(26)10-23(18)27/h3-10,12H,13-15H2,1-2H3,(H,31,32). The molecule has 0 radical (unpaired) electrons. The van der Waals surface area contributed by atoms with Crippen molar-refractivity contribution in [1.82, 2.24) is 10.4 Å². The fraction of sp³-hybridized carbons (Fsp3) is 0.200. The molecule has 0 aliphatic carbocycles. The average molecular weight is 513 g/mol. The van der Waals surface area contributed by atoms with E-state index in [2.05, 4.69) is 15.5 Å². The van der Waals surface area contributed by atoms with Crippen molar-refractivity contribution < 1.29 is 19.0 Å². The first-order valence-electron chi connectivity index (χ1n) is 10.4. The van der Waals surface area contributed by atoms with E-state index in [4.69, 9.17) is 37.4 Å². The Bertz CT molecular complexity index is 1270. The monoisotopic (exact) mass is 512 g/mol. The van der Waals surface area contributed by atoms with Crippen molar-refractivity contribution in [3.05, 3.63) is 86.5 Å². The van der Waals surface area contributed by atoms with Crippen molar-refractivity contribution in [2.45, 2.75) is 20.1 Å². The molecule has 3 rings (SSSR count). The van der Waals surface area contributed by atoms with Crippen LogP contribution in [-0.2, 0) is 22.7 Å². The van der Waals surface area contributed by atoms with E-state index in [1.807, 2.05) is 12.1 Å². The van der Waals surface area contributed by atoms with Gasteiger partial charge in [-0.25, -0.2) is 10.4 Å². The van der Waals surface area contributed by atoms with Crippen LogP contribution in [0.2, 0.25) is 10.0 Å². The van der Waals surface area contributed by atoms with Gasteiger partial charge in [-0.15, -0.1) is 0 Å². The van der Waals surface area contributed by atoms with E-state index in [1.165, 1.54) is 13.3 Å². The van der Waals surface area contributed by atoms with Gasteiger partial charge < -0.3 is 14.2 Å². The molecule has 0 saturated heterocycles. The van der Waals surface area contributed by atoms with E-state index in [0.29, 0.717) is 32.6 Å². The number of amides is 1. The number of aromatic nitrogens is 1.